The first-order valence-electron chi connectivity index (χ1n) is 7.19. The summed E-state index contributed by atoms with van der Waals surface area (Å²) >= 11 is 1.49. The number of pyridine rings is 1. The van der Waals surface area contributed by atoms with Gasteiger partial charge in [-0.3, -0.25) is 9.78 Å². The molecular weight excluding hydrogens is 294 g/mol. The number of thioether (sulfide) groups is 1. The molecule has 2 heterocycles. The summed E-state index contributed by atoms with van der Waals surface area (Å²) in [5, 5.41) is 6.25. The Bertz CT molecular complexity index is 683. The quantitative estimate of drug-likeness (QED) is 0.851. The highest BCUT2D eigenvalue weighted by atomic mass is 32.2. The average molecular weight is 311 g/mol. The Kier molecular flexibility index (Phi) is 4.44. The van der Waals surface area contributed by atoms with Crippen molar-refractivity contribution in [3.05, 3.63) is 64.8 Å². The Labute approximate surface area is 134 Å². The minimum atomic E-state index is -0.145. The second kappa shape index (κ2) is 6.66. The molecule has 0 unspecified atom stereocenters. The van der Waals surface area contributed by atoms with Gasteiger partial charge in [0, 0.05) is 18.1 Å². The average Bonchev–Trinajstić information content (AvgIpc) is 2.88. The Hall–Kier alpha value is -2.27. The minimum absolute atomic E-state index is 0.0514. The smallest absolute Gasteiger partial charge is 0.260 e. The van der Waals surface area contributed by atoms with Crippen LogP contribution in [0.1, 0.15) is 18.1 Å². The van der Waals surface area contributed by atoms with Crippen molar-refractivity contribution in [1.29, 1.82) is 0 Å². The molecule has 2 N–H and O–H groups in total. The van der Waals surface area contributed by atoms with E-state index < -0.39 is 0 Å². The predicted molar refractivity (Wildman–Crippen MR) is 91.2 cm³/mol. The van der Waals surface area contributed by atoms with E-state index in [0.29, 0.717) is 4.91 Å². The lowest BCUT2D eigenvalue weighted by Gasteiger charge is -2.12. The second-order valence-electron chi connectivity index (χ2n) is 4.96. The van der Waals surface area contributed by atoms with E-state index in [1.807, 2.05) is 30.3 Å². The fourth-order valence-corrected chi connectivity index (χ4v) is 3.15. The molecule has 5 heteroatoms. The van der Waals surface area contributed by atoms with E-state index in [9.17, 15) is 4.79 Å². The number of amides is 1. The first-order chi connectivity index (χ1) is 10.7. The van der Waals surface area contributed by atoms with E-state index in [0.717, 1.165) is 17.7 Å². The topological polar surface area (TPSA) is 54.0 Å². The van der Waals surface area contributed by atoms with Crippen LogP contribution in [0.25, 0.3) is 6.08 Å². The molecule has 1 fully saturated rings. The molecule has 0 radical (unpaired) electrons. The molecule has 4 nitrogen and oxygen atoms in total. The van der Waals surface area contributed by atoms with E-state index >= 15 is 0 Å². The number of carbonyl (C=O) groups is 1. The van der Waals surface area contributed by atoms with E-state index in [2.05, 4.69) is 34.7 Å². The van der Waals surface area contributed by atoms with Crippen molar-refractivity contribution in [2.75, 3.05) is 5.32 Å². The number of hydrogen-bond donors (Lipinski definition) is 2. The third kappa shape index (κ3) is 3.49. The molecule has 1 aromatic carbocycles. The Balaban J connectivity index is 1.67. The maximum Gasteiger partial charge on any atom is 0.260 e. The van der Waals surface area contributed by atoms with Crippen LogP contribution in [0, 0.1) is 0 Å². The number of rotatable bonds is 4. The van der Waals surface area contributed by atoms with Crippen LogP contribution >= 0.6 is 11.8 Å². The van der Waals surface area contributed by atoms with Gasteiger partial charge in [0.2, 0.25) is 0 Å². The van der Waals surface area contributed by atoms with Crippen LogP contribution in [-0.4, -0.2) is 16.4 Å². The molecule has 3 rings (SSSR count). The summed E-state index contributed by atoms with van der Waals surface area (Å²) in [6.45, 7) is 2.13. The summed E-state index contributed by atoms with van der Waals surface area (Å²) in [6.07, 6.45) is 6.33. The number of hydrogen-bond acceptors (Lipinski definition) is 4. The van der Waals surface area contributed by atoms with E-state index in [-0.39, 0.29) is 11.4 Å². The third-order valence-corrected chi connectivity index (χ3v) is 4.42. The molecule has 0 saturated carbocycles. The number of carbonyl (C=O) groups excluding carboxylic acids is 1. The molecule has 1 saturated heterocycles. The number of aromatic nitrogens is 1. The molecule has 0 aliphatic carbocycles. The van der Waals surface area contributed by atoms with Gasteiger partial charge in [-0.2, -0.15) is 0 Å². The molecule has 2 aromatic rings. The second-order valence-corrected chi connectivity index (χ2v) is 6.10. The zero-order valence-electron chi connectivity index (χ0n) is 12.2. The maximum atomic E-state index is 12.0. The van der Waals surface area contributed by atoms with Gasteiger partial charge in [0.1, 0.15) is 0 Å². The summed E-state index contributed by atoms with van der Waals surface area (Å²) in [6, 6.07) is 12.0. The normalized spacial score (nSPS) is 19.2. The summed E-state index contributed by atoms with van der Waals surface area (Å²) < 4.78 is 0. The van der Waals surface area contributed by atoms with Crippen LogP contribution in [0.2, 0.25) is 0 Å². The number of nitrogens with one attached hydrogen (secondary N) is 2. The van der Waals surface area contributed by atoms with Gasteiger partial charge in [-0.25, -0.2) is 0 Å². The predicted octanol–water partition coefficient (Wildman–Crippen LogP) is 3.24. The molecule has 1 aliphatic rings. The van der Waals surface area contributed by atoms with Crippen LogP contribution in [-0.2, 0) is 11.2 Å². The maximum absolute atomic E-state index is 12.0. The molecule has 1 atom stereocenters. The van der Waals surface area contributed by atoms with Gasteiger partial charge >= 0.3 is 0 Å². The van der Waals surface area contributed by atoms with Crippen LogP contribution in [0.3, 0.4) is 0 Å². The van der Waals surface area contributed by atoms with E-state index in [4.69, 9.17) is 0 Å². The van der Waals surface area contributed by atoms with Crippen molar-refractivity contribution in [1.82, 2.24) is 10.3 Å². The highest BCUT2D eigenvalue weighted by molar-refractivity contribution is 8.05. The standard InChI is InChI=1S/C17H17N3OS/c1-2-12-3-5-14(6-4-12)19-17-20-16(21)15(22-17)11-13-7-9-18-10-8-13/h3-11,17,19H,2H2,1H3,(H,20,21)/b15-11-/t17-/m1/s1. The molecule has 1 aliphatic heterocycles. The summed E-state index contributed by atoms with van der Waals surface area (Å²) in [5.74, 6) is -0.0514. The van der Waals surface area contributed by atoms with Crippen LogP contribution < -0.4 is 10.6 Å². The molecule has 22 heavy (non-hydrogen) atoms. The van der Waals surface area contributed by atoms with E-state index in [1.165, 1.54) is 17.3 Å². The molecule has 112 valence electrons. The molecule has 1 amide bonds. The molecule has 1 aromatic heterocycles. The monoisotopic (exact) mass is 311 g/mol. The molecule has 0 spiro atoms. The molecular formula is C17H17N3OS. The van der Waals surface area contributed by atoms with Gasteiger partial charge in [-0.05, 0) is 47.9 Å². The number of anilines is 1. The Morgan fingerprint density at radius 1 is 1.23 bits per heavy atom. The van der Waals surface area contributed by atoms with Crippen molar-refractivity contribution in [3.8, 4) is 0 Å². The lowest BCUT2D eigenvalue weighted by atomic mass is 10.1. The third-order valence-electron chi connectivity index (χ3n) is 3.39. The van der Waals surface area contributed by atoms with Crippen LogP contribution in [0.15, 0.2) is 53.7 Å². The van der Waals surface area contributed by atoms with Crippen molar-refractivity contribution in [2.45, 2.75) is 18.8 Å². The Morgan fingerprint density at radius 3 is 2.64 bits per heavy atom. The fraction of sp³-hybridized carbons (Fsp3) is 0.176. The van der Waals surface area contributed by atoms with Crippen molar-refractivity contribution < 1.29 is 4.79 Å². The lowest BCUT2D eigenvalue weighted by molar-refractivity contribution is -0.116. The lowest BCUT2D eigenvalue weighted by Crippen LogP contribution is -2.30. The van der Waals surface area contributed by atoms with Gasteiger partial charge < -0.3 is 10.6 Å². The molecule has 0 bridgehead atoms. The van der Waals surface area contributed by atoms with Gasteiger partial charge in [0.15, 0.2) is 5.50 Å². The summed E-state index contributed by atoms with van der Waals surface area (Å²) in [5.41, 5.74) is 3.13. The van der Waals surface area contributed by atoms with Crippen molar-refractivity contribution in [3.63, 3.8) is 0 Å². The minimum Gasteiger partial charge on any atom is -0.357 e. The highest BCUT2D eigenvalue weighted by Gasteiger charge is 2.26. The van der Waals surface area contributed by atoms with Gasteiger partial charge in [-0.15, -0.1) is 0 Å². The van der Waals surface area contributed by atoms with Crippen molar-refractivity contribution in [2.24, 2.45) is 0 Å². The fourth-order valence-electron chi connectivity index (χ4n) is 2.16. The number of aryl methyl sites for hydroxylation is 1. The van der Waals surface area contributed by atoms with Crippen LogP contribution in [0.5, 0.6) is 0 Å². The largest absolute Gasteiger partial charge is 0.357 e. The Morgan fingerprint density at radius 2 is 1.95 bits per heavy atom. The zero-order chi connectivity index (χ0) is 15.4. The first-order valence-corrected chi connectivity index (χ1v) is 8.07. The summed E-state index contributed by atoms with van der Waals surface area (Å²) in [7, 11) is 0. The summed E-state index contributed by atoms with van der Waals surface area (Å²) in [4.78, 5) is 16.7. The van der Waals surface area contributed by atoms with Crippen molar-refractivity contribution >= 4 is 29.4 Å². The zero-order valence-corrected chi connectivity index (χ0v) is 13.1. The van der Waals surface area contributed by atoms with Gasteiger partial charge in [0.05, 0.1) is 4.91 Å². The number of benzene rings is 1. The first kappa shape index (κ1) is 14.7. The number of nitrogens with zero attached hydrogens (tertiary/aromatic N) is 1. The highest BCUT2D eigenvalue weighted by Crippen LogP contribution is 2.30. The van der Waals surface area contributed by atoms with Crippen LogP contribution in [0.4, 0.5) is 5.69 Å². The van der Waals surface area contributed by atoms with Gasteiger partial charge in [-0.1, -0.05) is 30.8 Å². The SMILES string of the molecule is CCc1ccc(N[C@@H]2NC(=O)/C(=C/c3ccncc3)S2)cc1. The van der Waals surface area contributed by atoms with E-state index in [1.54, 1.807) is 12.4 Å². The van der Waals surface area contributed by atoms with Gasteiger partial charge in [0.25, 0.3) is 5.91 Å².